The second-order valence-electron chi connectivity index (χ2n) is 6.64. The Morgan fingerprint density at radius 3 is 3.11 bits per heavy atom. The molecule has 0 radical (unpaired) electrons. The van der Waals surface area contributed by atoms with Gasteiger partial charge < -0.3 is 15.4 Å². The monoisotopic (exact) mass is 252 g/mol. The average molecular weight is 252 g/mol. The highest BCUT2D eigenvalue weighted by molar-refractivity contribution is 5.84. The standard InChI is InChI=1S/C14H24N2O2/c1-13(3-4-13)5-6-16-12(17)14-9-15-8-11(14)2-7-18-10-14/h11,15H,2-10H2,1H3,(H,16,17)/t11-,14+/m1/s1. The van der Waals surface area contributed by atoms with Gasteiger partial charge in [-0.1, -0.05) is 6.92 Å². The first kappa shape index (κ1) is 12.4. The first-order chi connectivity index (χ1) is 8.65. The lowest BCUT2D eigenvalue weighted by Crippen LogP contribution is -2.52. The van der Waals surface area contributed by atoms with E-state index in [1.807, 2.05) is 0 Å². The lowest BCUT2D eigenvalue weighted by Gasteiger charge is -2.36. The van der Waals surface area contributed by atoms with Gasteiger partial charge in [0, 0.05) is 19.7 Å². The fraction of sp³-hybridized carbons (Fsp3) is 0.929. The van der Waals surface area contributed by atoms with Crippen LogP contribution in [0.5, 0.6) is 0 Å². The van der Waals surface area contributed by atoms with Crippen LogP contribution in [0.4, 0.5) is 0 Å². The van der Waals surface area contributed by atoms with E-state index in [-0.39, 0.29) is 11.3 Å². The molecule has 0 spiro atoms. The van der Waals surface area contributed by atoms with Crippen molar-refractivity contribution in [3.63, 3.8) is 0 Å². The van der Waals surface area contributed by atoms with Gasteiger partial charge in [0.15, 0.2) is 0 Å². The molecule has 4 heteroatoms. The number of ether oxygens (including phenoxy) is 1. The smallest absolute Gasteiger partial charge is 0.230 e. The molecule has 0 aromatic rings. The first-order valence-corrected chi connectivity index (χ1v) is 7.22. The molecule has 3 aliphatic rings. The topological polar surface area (TPSA) is 50.4 Å². The van der Waals surface area contributed by atoms with Crippen molar-refractivity contribution in [2.45, 2.75) is 32.6 Å². The molecule has 0 aromatic carbocycles. The summed E-state index contributed by atoms with van der Waals surface area (Å²) >= 11 is 0. The van der Waals surface area contributed by atoms with Crippen molar-refractivity contribution < 1.29 is 9.53 Å². The van der Waals surface area contributed by atoms with E-state index in [0.717, 1.165) is 39.1 Å². The molecule has 102 valence electrons. The molecule has 18 heavy (non-hydrogen) atoms. The molecule has 1 saturated carbocycles. The number of carbonyl (C=O) groups is 1. The second-order valence-corrected chi connectivity index (χ2v) is 6.64. The number of hydrogen-bond donors (Lipinski definition) is 2. The zero-order valence-electron chi connectivity index (χ0n) is 11.3. The van der Waals surface area contributed by atoms with Crippen LogP contribution in [0.2, 0.25) is 0 Å². The van der Waals surface area contributed by atoms with Gasteiger partial charge in [0.25, 0.3) is 0 Å². The lowest BCUT2D eigenvalue weighted by molar-refractivity contribution is -0.141. The molecule has 4 nitrogen and oxygen atoms in total. The Balaban J connectivity index is 1.56. The summed E-state index contributed by atoms with van der Waals surface area (Å²) in [7, 11) is 0. The Labute approximate surface area is 109 Å². The summed E-state index contributed by atoms with van der Waals surface area (Å²) in [5, 5.41) is 6.52. The molecule has 2 saturated heterocycles. The highest BCUT2D eigenvalue weighted by atomic mass is 16.5. The number of hydrogen-bond acceptors (Lipinski definition) is 3. The highest BCUT2D eigenvalue weighted by Gasteiger charge is 2.50. The van der Waals surface area contributed by atoms with Crippen LogP contribution in [0.3, 0.4) is 0 Å². The molecule has 3 rings (SSSR count). The minimum atomic E-state index is -0.289. The number of nitrogens with one attached hydrogen (secondary N) is 2. The Morgan fingerprint density at radius 2 is 2.33 bits per heavy atom. The van der Waals surface area contributed by atoms with E-state index in [9.17, 15) is 4.79 Å². The van der Waals surface area contributed by atoms with Crippen LogP contribution in [0.1, 0.15) is 32.6 Å². The summed E-state index contributed by atoms with van der Waals surface area (Å²) in [4.78, 5) is 12.5. The number of amides is 1. The van der Waals surface area contributed by atoms with Gasteiger partial charge in [-0.15, -0.1) is 0 Å². The van der Waals surface area contributed by atoms with Gasteiger partial charge in [0.2, 0.25) is 5.91 Å². The van der Waals surface area contributed by atoms with Crippen LogP contribution in [0, 0.1) is 16.7 Å². The largest absolute Gasteiger partial charge is 0.380 e. The van der Waals surface area contributed by atoms with E-state index in [0.29, 0.717) is 17.9 Å². The van der Waals surface area contributed by atoms with Gasteiger partial charge in [0.1, 0.15) is 0 Å². The Bertz CT molecular complexity index is 341. The predicted molar refractivity (Wildman–Crippen MR) is 69.2 cm³/mol. The maximum absolute atomic E-state index is 12.5. The Kier molecular flexibility index (Phi) is 3.10. The average Bonchev–Trinajstić information content (AvgIpc) is 2.94. The van der Waals surface area contributed by atoms with E-state index in [1.54, 1.807) is 0 Å². The fourth-order valence-corrected chi connectivity index (χ4v) is 3.28. The molecule has 1 aliphatic carbocycles. The van der Waals surface area contributed by atoms with Gasteiger partial charge in [-0.25, -0.2) is 0 Å². The van der Waals surface area contributed by atoms with Crippen LogP contribution < -0.4 is 10.6 Å². The first-order valence-electron chi connectivity index (χ1n) is 7.22. The molecule has 0 bridgehead atoms. The van der Waals surface area contributed by atoms with Crippen LogP contribution in [-0.2, 0) is 9.53 Å². The maximum atomic E-state index is 12.5. The van der Waals surface area contributed by atoms with E-state index in [4.69, 9.17) is 4.74 Å². The van der Waals surface area contributed by atoms with Gasteiger partial charge in [-0.3, -0.25) is 4.79 Å². The molecule has 2 aliphatic heterocycles. The third-order valence-corrected chi connectivity index (χ3v) is 5.15. The third kappa shape index (κ3) is 2.16. The van der Waals surface area contributed by atoms with Crippen molar-refractivity contribution in [3.8, 4) is 0 Å². The predicted octanol–water partition coefficient (Wildman–Crippen LogP) is 0.919. The molecule has 2 heterocycles. The Morgan fingerprint density at radius 1 is 1.50 bits per heavy atom. The van der Waals surface area contributed by atoms with Crippen molar-refractivity contribution >= 4 is 5.91 Å². The second kappa shape index (κ2) is 4.49. The van der Waals surface area contributed by atoms with E-state index < -0.39 is 0 Å². The van der Waals surface area contributed by atoms with E-state index >= 15 is 0 Å². The zero-order valence-corrected chi connectivity index (χ0v) is 11.3. The van der Waals surface area contributed by atoms with Crippen LogP contribution >= 0.6 is 0 Å². The van der Waals surface area contributed by atoms with Crippen molar-refractivity contribution in [1.29, 1.82) is 0 Å². The molecular weight excluding hydrogens is 228 g/mol. The number of fused-ring (bicyclic) bond motifs is 1. The summed E-state index contributed by atoms with van der Waals surface area (Å²) < 4.78 is 5.57. The van der Waals surface area contributed by atoms with Crippen molar-refractivity contribution in [1.82, 2.24) is 10.6 Å². The summed E-state index contributed by atoms with van der Waals surface area (Å²) in [6, 6.07) is 0. The maximum Gasteiger partial charge on any atom is 0.230 e. The summed E-state index contributed by atoms with van der Waals surface area (Å²) in [5.41, 5.74) is 0.226. The van der Waals surface area contributed by atoms with Gasteiger partial charge >= 0.3 is 0 Å². The molecule has 2 atom stereocenters. The third-order valence-electron chi connectivity index (χ3n) is 5.15. The van der Waals surface area contributed by atoms with E-state index in [2.05, 4.69) is 17.6 Å². The van der Waals surface area contributed by atoms with Crippen molar-refractivity contribution in [3.05, 3.63) is 0 Å². The molecular formula is C14H24N2O2. The van der Waals surface area contributed by atoms with Crippen molar-refractivity contribution in [2.24, 2.45) is 16.7 Å². The zero-order chi connectivity index (χ0) is 12.6. The lowest BCUT2D eigenvalue weighted by atomic mass is 9.75. The molecule has 1 amide bonds. The molecule has 0 aromatic heterocycles. The quantitative estimate of drug-likeness (QED) is 0.782. The summed E-state index contributed by atoms with van der Waals surface area (Å²) in [6.07, 6.45) is 4.77. The summed E-state index contributed by atoms with van der Waals surface area (Å²) in [5.74, 6) is 0.671. The number of carbonyl (C=O) groups excluding carboxylic acids is 1. The minimum Gasteiger partial charge on any atom is -0.380 e. The number of rotatable bonds is 4. The van der Waals surface area contributed by atoms with Gasteiger partial charge in [-0.2, -0.15) is 0 Å². The minimum absolute atomic E-state index is 0.210. The Hall–Kier alpha value is -0.610. The van der Waals surface area contributed by atoms with Crippen molar-refractivity contribution in [2.75, 3.05) is 32.8 Å². The van der Waals surface area contributed by atoms with Gasteiger partial charge in [0.05, 0.1) is 12.0 Å². The summed E-state index contributed by atoms with van der Waals surface area (Å²) in [6.45, 7) is 6.27. The highest BCUT2D eigenvalue weighted by Crippen LogP contribution is 2.47. The molecule has 0 unspecified atom stereocenters. The molecule has 2 N–H and O–H groups in total. The molecule has 3 fully saturated rings. The van der Waals surface area contributed by atoms with Gasteiger partial charge in [-0.05, 0) is 43.6 Å². The SMILES string of the molecule is CC1(CCNC(=O)[C@]23CNC[C@H]2CCOC3)CC1. The van der Waals surface area contributed by atoms with Crippen LogP contribution in [-0.4, -0.2) is 38.8 Å². The van der Waals surface area contributed by atoms with E-state index in [1.165, 1.54) is 12.8 Å². The fourth-order valence-electron chi connectivity index (χ4n) is 3.28. The van der Waals surface area contributed by atoms with Crippen LogP contribution in [0.25, 0.3) is 0 Å². The van der Waals surface area contributed by atoms with Crippen LogP contribution in [0.15, 0.2) is 0 Å². The normalized spacial score (nSPS) is 37.1.